The lowest BCUT2D eigenvalue weighted by molar-refractivity contribution is 0.0600. The third-order valence-corrected chi connectivity index (χ3v) is 3.54. The Morgan fingerprint density at radius 3 is 2.43 bits per heavy atom. The Bertz CT molecular complexity index is 766. The highest BCUT2D eigenvalue weighted by Crippen LogP contribution is 2.34. The quantitative estimate of drug-likeness (QED) is 0.445. The molecular weight excluding hydrogens is 356 g/mol. The highest BCUT2D eigenvalue weighted by molar-refractivity contribution is 6.35. The third-order valence-electron chi connectivity index (χ3n) is 2.84. The molecule has 0 fully saturated rings. The van der Waals surface area contributed by atoms with Crippen molar-refractivity contribution >= 4 is 29.2 Å². The van der Waals surface area contributed by atoms with Crippen molar-refractivity contribution in [3.8, 4) is 5.75 Å². The van der Waals surface area contributed by atoms with E-state index in [9.17, 15) is 18.0 Å². The van der Waals surface area contributed by atoms with E-state index in [0.717, 1.165) is 25.3 Å². The molecule has 0 N–H and O–H groups in total. The van der Waals surface area contributed by atoms with Gasteiger partial charge in [0.25, 0.3) is 0 Å². The van der Waals surface area contributed by atoms with Crippen LogP contribution in [0.4, 0.5) is 13.2 Å². The Hall–Kier alpha value is -1.92. The molecule has 8 heteroatoms. The number of methoxy groups -OCH3 is 1. The second-order valence-corrected chi connectivity index (χ2v) is 5.18. The Balaban J connectivity index is 2.25. The summed E-state index contributed by atoms with van der Waals surface area (Å²) in [6, 6.07) is 4.23. The van der Waals surface area contributed by atoms with Crippen LogP contribution in [-0.4, -0.2) is 13.1 Å². The Labute approximate surface area is 139 Å². The normalized spacial score (nSPS) is 10.5. The zero-order valence-corrected chi connectivity index (χ0v) is 13.1. The van der Waals surface area contributed by atoms with Gasteiger partial charge in [-0.05, 0) is 23.8 Å². The van der Waals surface area contributed by atoms with Crippen LogP contribution in [0.15, 0.2) is 24.3 Å². The molecule has 2 aromatic rings. The molecule has 0 saturated heterocycles. The van der Waals surface area contributed by atoms with E-state index in [2.05, 4.69) is 4.74 Å². The van der Waals surface area contributed by atoms with Gasteiger partial charge in [0.15, 0.2) is 5.82 Å². The molecule has 2 aromatic carbocycles. The van der Waals surface area contributed by atoms with Crippen molar-refractivity contribution in [1.82, 2.24) is 0 Å². The fourth-order valence-electron chi connectivity index (χ4n) is 1.79. The van der Waals surface area contributed by atoms with Gasteiger partial charge in [-0.15, -0.1) is 0 Å². The Morgan fingerprint density at radius 1 is 1.09 bits per heavy atom. The molecule has 0 aromatic heterocycles. The monoisotopic (exact) mass is 364 g/mol. The summed E-state index contributed by atoms with van der Waals surface area (Å²) >= 11 is 11.0. The standard InChI is InChI=1S/C15H9Cl2F3O3/c1-22-15(21)8-2-7(3-9(18)4-8)6-23-11-5-10(19)12(16)14(20)13(11)17/h2-5H,6H2,1H3. The van der Waals surface area contributed by atoms with Crippen LogP contribution in [0.3, 0.4) is 0 Å². The van der Waals surface area contributed by atoms with Gasteiger partial charge in [0.2, 0.25) is 0 Å². The predicted molar refractivity (Wildman–Crippen MR) is 78.4 cm³/mol. The van der Waals surface area contributed by atoms with Crippen LogP contribution >= 0.6 is 23.2 Å². The zero-order valence-electron chi connectivity index (χ0n) is 11.6. The van der Waals surface area contributed by atoms with Gasteiger partial charge in [-0.1, -0.05) is 23.2 Å². The molecule has 0 radical (unpaired) electrons. The summed E-state index contributed by atoms with van der Waals surface area (Å²) in [5.74, 6) is -3.91. The number of hydrogen-bond acceptors (Lipinski definition) is 3. The molecule has 23 heavy (non-hydrogen) atoms. The number of halogens is 5. The van der Waals surface area contributed by atoms with Crippen LogP contribution in [0.25, 0.3) is 0 Å². The van der Waals surface area contributed by atoms with Crippen LogP contribution in [0.2, 0.25) is 10.0 Å². The van der Waals surface area contributed by atoms with Gasteiger partial charge in [0, 0.05) is 6.07 Å². The molecule has 0 amide bonds. The minimum absolute atomic E-state index is 0.0225. The van der Waals surface area contributed by atoms with Crippen molar-refractivity contribution in [2.24, 2.45) is 0 Å². The van der Waals surface area contributed by atoms with Crippen molar-refractivity contribution in [3.05, 3.63) is 62.9 Å². The average Bonchev–Trinajstić information content (AvgIpc) is 2.53. The van der Waals surface area contributed by atoms with Crippen molar-refractivity contribution in [1.29, 1.82) is 0 Å². The van der Waals surface area contributed by atoms with Crippen molar-refractivity contribution < 1.29 is 27.4 Å². The maximum absolute atomic E-state index is 13.6. The molecule has 0 saturated carbocycles. The Morgan fingerprint density at radius 2 is 1.78 bits per heavy atom. The maximum atomic E-state index is 13.6. The predicted octanol–water partition coefficient (Wildman–Crippen LogP) is 4.78. The van der Waals surface area contributed by atoms with E-state index in [0.29, 0.717) is 0 Å². The summed E-state index contributed by atoms with van der Waals surface area (Å²) in [7, 11) is 1.16. The number of carbonyl (C=O) groups is 1. The number of benzene rings is 2. The van der Waals surface area contributed by atoms with Crippen LogP contribution in [0.1, 0.15) is 15.9 Å². The molecule has 2 rings (SSSR count). The first-order valence-electron chi connectivity index (χ1n) is 6.17. The number of rotatable bonds is 4. The van der Waals surface area contributed by atoms with Crippen LogP contribution < -0.4 is 4.74 Å². The minimum Gasteiger partial charge on any atom is -0.487 e. The summed E-state index contributed by atoms with van der Waals surface area (Å²) in [6.07, 6.45) is 0. The lowest BCUT2D eigenvalue weighted by Gasteiger charge is -2.11. The van der Waals surface area contributed by atoms with E-state index in [1.807, 2.05) is 0 Å². The SMILES string of the molecule is COC(=O)c1cc(F)cc(COc2cc(F)c(Cl)c(F)c2Cl)c1. The van der Waals surface area contributed by atoms with E-state index in [4.69, 9.17) is 27.9 Å². The molecule has 0 unspecified atom stereocenters. The largest absolute Gasteiger partial charge is 0.487 e. The lowest BCUT2D eigenvalue weighted by atomic mass is 10.1. The van der Waals surface area contributed by atoms with Gasteiger partial charge < -0.3 is 9.47 Å². The van der Waals surface area contributed by atoms with Crippen molar-refractivity contribution in [2.45, 2.75) is 6.61 Å². The fraction of sp³-hybridized carbons (Fsp3) is 0.133. The third kappa shape index (κ3) is 3.89. The molecule has 0 heterocycles. The summed E-state index contributed by atoms with van der Waals surface area (Å²) in [6.45, 7) is -0.276. The molecule has 0 bridgehead atoms. The van der Waals surface area contributed by atoms with E-state index < -0.39 is 33.5 Å². The molecule has 0 aliphatic carbocycles. The number of carbonyl (C=O) groups excluding carboxylic acids is 1. The first kappa shape index (κ1) is 17.4. The highest BCUT2D eigenvalue weighted by atomic mass is 35.5. The van der Waals surface area contributed by atoms with Gasteiger partial charge in [0.05, 0.1) is 12.7 Å². The first-order valence-corrected chi connectivity index (χ1v) is 6.92. The topological polar surface area (TPSA) is 35.5 Å². The van der Waals surface area contributed by atoms with E-state index in [1.54, 1.807) is 0 Å². The summed E-state index contributed by atoms with van der Waals surface area (Å²) in [5.41, 5.74) is 0.225. The number of esters is 1. The van der Waals surface area contributed by atoms with Gasteiger partial charge in [-0.25, -0.2) is 18.0 Å². The fourth-order valence-corrected chi connectivity index (χ4v) is 2.19. The summed E-state index contributed by atoms with van der Waals surface area (Å²) in [5, 5.41) is -1.25. The van der Waals surface area contributed by atoms with E-state index in [1.165, 1.54) is 6.07 Å². The van der Waals surface area contributed by atoms with Gasteiger partial charge in [0.1, 0.15) is 34.0 Å². The molecular formula is C15H9Cl2F3O3. The molecule has 3 nitrogen and oxygen atoms in total. The number of ether oxygens (including phenoxy) is 2. The lowest BCUT2D eigenvalue weighted by Crippen LogP contribution is -2.05. The Kier molecular flexibility index (Phi) is 5.38. The second kappa shape index (κ2) is 7.10. The minimum atomic E-state index is -1.15. The molecule has 0 aliphatic rings. The number of hydrogen-bond donors (Lipinski definition) is 0. The zero-order chi connectivity index (χ0) is 17.1. The average molecular weight is 365 g/mol. The first-order chi connectivity index (χ1) is 10.8. The van der Waals surface area contributed by atoms with Crippen LogP contribution in [-0.2, 0) is 11.3 Å². The summed E-state index contributed by atoms with van der Waals surface area (Å²) in [4.78, 5) is 11.4. The van der Waals surface area contributed by atoms with Crippen molar-refractivity contribution in [2.75, 3.05) is 7.11 Å². The highest BCUT2D eigenvalue weighted by Gasteiger charge is 2.17. The van der Waals surface area contributed by atoms with Gasteiger partial charge in [-0.3, -0.25) is 0 Å². The van der Waals surface area contributed by atoms with E-state index in [-0.39, 0.29) is 23.5 Å². The van der Waals surface area contributed by atoms with Gasteiger partial charge in [-0.2, -0.15) is 0 Å². The molecule has 0 aliphatic heterocycles. The second-order valence-electron chi connectivity index (χ2n) is 4.43. The van der Waals surface area contributed by atoms with Crippen LogP contribution in [0.5, 0.6) is 5.75 Å². The summed E-state index contributed by atoms with van der Waals surface area (Å²) < 4.78 is 50.1. The molecule has 0 spiro atoms. The van der Waals surface area contributed by atoms with Crippen molar-refractivity contribution in [3.63, 3.8) is 0 Å². The van der Waals surface area contributed by atoms with Crippen LogP contribution in [0, 0.1) is 17.5 Å². The van der Waals surface area contributed by atoms with E-state index >= 15 is 0 Å². The maximum Gasteiger partial charge on any atom is 0.337 e. The molecule has 122 valence electrons. The smallest absolute Gasteiger partial charge is 0.337 e. The molecule has 0 atom stereocenters. The van der Waals surface area contributed by atoms with Gasteiger partial charge >= 0.3 is 5.97 Å².